The van der Waals surface area contributed by atoms with Gasteiger partial charge in [0.05, 0.1) is 0 Å². The molecule has 0 atom stereocenters. The van der Waals surface area contributed by atoms with Crippen molar-refractivity contribution in [3.63, 3.8) is 0 Å². The summed E-state index contributed by atoms with van der Waals surface area (Å²) < 4.78 is 0. The zero-order chi connectivity index (χ0) is 17.9. The van der Waals surface area contributed by atoms with Crippen molar-refractivity contribution in [3.05, 3.63) is 0 Å². The van der Waals surface area contributed by atoms with Gasteiger partial charge in [-0.05, 0) is 84.2 Å². The summed E-state index contributed by atoms with van der Waals surface area (Å²) in [6, 6.07) is 0. The number of nitrogens with zero attached hydrogens (tertiary/aromatic N) is 2. The molecule has 0 bridgehead atoms. The summed E-state index contributed by atoms with van der Waals surface area (Å²) in [7, 11) is 2.05. The van der Waals surface area contributed by atoms with E-state index in [4.69, 9.17) is 0 Å². The number of hydrogen-bond acceptors (Lipinski definition) is 3. The minimum Gasteiger partial charge on any atom is -0.307 e. The summed E-state index contributed by atoms with van der Waals surface area (Å²) in [6.45, 7) is 20.1. The molecule has 3 heteroatoms. The molecule has 0 aliphatic carbocycles. The van der Waals surface area contributed by atoms with Gasteiger partial charge in [0.15, 0.2) is 0 Å². The second kappa shape index (κ2) is 19.9. The Bertz CT molecular complexity index is 195. The quantitative estimate of drug-likeness (QED) is 0.579. The Hall–Kier alpha value is -0.120. The first kappa shape index (κ1) is 25.1. The van der Waals surface area contributed by atoms with Gasteiger partial charge >= 0.3 is 0 Å². The Morgan fingerprint density at radius 1 is 0.957 bits per heavy atom. The second-order valence-electron chi connectivity index (χ2n) is 6.06. The van der Waals surface area contributed by atoms with Crippen LogP contribution in [0.5, 0.6) is 0 Å². The zero-order valence-electron chi connectivity index (χ0n) is 17.5. The normalized spacial score (nSPS) is 15.7. The van der Waals surface area contributed by atoms with Crippen LogP contribution in [0.25, 0.3) is 0 Å². The summed E-state index contributed by atoms with van der Waals surface area (Å²) in [5, 5.41) is 3.28. The third kappa shape index (κ3) is 14.0. The zero-order valence-corrected chi connectivity index (χ0v) is 17.5. The first-order valence-corrected chi connectivity index (χ1v) is 10.4. The SMILES string of the molecule is CC.CC.CCCN1CCC(CCCN(CCC)CNC)CC1. The van der Waals surface area contributed by atoms with E-state index in [-0.39, 0.29) is 0 Å². The molecular weight excluding hydrogens is 282 g/mol. The van der Waals surface area contributed by atoms with Crippen LogP contribution in [0.1, 0.15) is 80.1 Å². The topological polar surface area (TPSA) is 18.5 Å². The van der Waals surface area contributed by atoms with Gasteiger partial charge in [-0.3, -0.25) is 4.90 Å². The predicted octanol–water partition coefficient (Wildman–Crippen LogP) is 4.83. The van der Waals surface area contributed by atoms with Crippen molar-refractivity contribution in [2.75, 3.05) is 46.4 Å². The van der Waals surface area contributed by atoms with E-state index in [0.717, 1.165) is 12.6 Å². The van der Waals surface area contributed by atoms with E-state index in [1.807, 2.05) is 34.7 Å². The van der Waals surface area contributed by atoms with Gasteiger partial charge in [-0.15, -0.1) is 0 Å². The standard InChI is InChI=1S/C16H35N3.2C2H6/c1-4-10-18-13-8-16(9-14-18)7-6-12-19(11-5-2)15-17-3;2*1-2/h16-17H,4-15H2,1-3H3;2*1-2H3. The molecule has 0 saturated carbocycles. The molecule has 0 amide bonds. The molecule has 0 aromatic rings. The van der Waals surface area contributed by atoms with E-state index in [9.17, 15) is 0 Å². The highest BCUT2D eigenvalue weighted by atomic mass is 15.2. The van der Waals surface area contributed by atoms with Gasteiger partial charge in [-0.1, -0.05) is 41.5 Å². The lowest BCUT2D eigenvalue weighted by molar-refractivity contribution is 0.171. The van der Waals surface area contributed by atoms with E-state index >= 15 is 0 Å². The highest BCUT2D eigenvalue weighted by Gasteiger charge is 2.18. The van der Waals surface area contributed by atoms with Crippen molar-refractivity contribution in [1.82, 2.24) is 15.1 Å². The lowest BCUT2D eigenvalue weighted by Gasteiger charge is -2.32. The highest BCUT2D eigenvalue weighted by molar-refractivity contribution is 4.72. The van der Waals surface area contributed by atoms with Crippen molar-refractivity contribution in [2.24, 2.45) is 5.92 Å². The lowest BCUT2D eigenvalue weighted by atomic mass is 9.92. The molecule has 0 aromatic carbocycles. The summed E-state index contributed by atoms with van der Waals surface area (Å²) >= 11 is 0. The fraction of sp³-hybridized carbons (Fsp3) is 1.00. The second-order valence-corrected chi connectivity index (χ2v) is 6.06. The monoisotopic (exact) mass is 329 g/mol. The predicted molar refractivity (Wildman–Crippen MR) is 107 cm³/mol. The van der Waals surface area contributed by atoms with Crippen LogP contribution in [-0.4, -0.2) is 56.2 Å². The van der Waals surface area contributed by atoms with Crippen molar-refractivity contribution < 1.29 is 0 Å². The number of nitrogens with one attached hydrogen (secondary N) is 1. The van der Waals surface area contributed by atoms with Crippen molar-refractivity contribution in [2.45, 2.75) is 80.1 Å². The van der Waals surface area contributed by atoms with Gasteiger partial charge in [0.1, 0.15) is 0 Å². The van der Waals surface area contributed by atoms with E-state index in [1.54, 1.807) is 0 Å². The van der Waals surface area contributed by atoms with Gasteiger partial charge in [0, 0.05) is 6.67 Å². The largest absolute Gasteiger partial charge is 0.307 e. The minimum atomic E-state index is 0.992. The first-order valence-electron chi connectivity index (χ1n) is 10.4. The molecule has 0 unspecified atom stereocenters. The Balaban J connectivity index is 0. The third-order valence-electron chi connectivity index (χ3n) is 4.26. The van der Waals surface area contributed by atoms with E-state index in [0.29, 0.717) is 0 Å². The van der Waals surface area contributed by atoms with Crippen LogP contribution in [0.4, 0.5) is 0 Å². The Kier molecular flexibility index (Phi) is 21.8. The van der Waals surface area contributed by atoms with E-state index in [2.05, 4.69) is 29.0 Å². The molecule has 1 saturated heterocycles. The van der Waals surface area contributed by atoms with Crippen LogP contribution >= 0.6 is 0 Å². The third-order valence-corrected chi connectivity index (χ3v) is 4.26. The maximum atomic E-state index is 3.28. The Morgan fingerprint density at radius 3 is 2.04 bits per heavy atom. The van der Waals surface area contributed by atoms with Crippen LogP contribution in [0.3, 0.4) is 0 Å². The van der Waals surface area contributed by atoms with Gasteiger partial charge in [-0.2, -0.15) is 0 Å². The summed E-state index contributed by atoms with van der Waals surface area (Å²) in [5.74, 6) is 0.992. The summed E-state index contributed by atoms with van der Waals surface area (Å²) in [4.78, 5) is 5.19. The van der Waals surface area contributed by atoms with Crippen molar-refractivity contribution in [1.29, 1.82) is 0 Å². The number of piperidine rings is 1. The van der Waals surface area contributed by atoms with Crippen LogP contribution in [-0.2, 0) is 0 Å². The van der Waals surface area contributed by atoms with Crippen LogP contribution in [0, 0.1) is 5.92 Å². The van der Waals surface area contributed by atoms with E-state index < -0.39 is 0 Å². The fourth-order valence-electron chi connectivity index (χ4n) is 3.23. The molecule has 1 aliphatic rings. The molecule has 0 spiro atoms. The summed E-state index contributed by atoms with van der Waals surface area (Å²) in [6.07, 6.45) is 8.24. The molecule has 3 nitrogen and oxygen atoms in total. The Morgan fingerprint density at radius 2 is 1.57 bits per heavy atom. The van der Waals surface area contributed by atoms with E-state index in [1.165, 1.54) is 71.2 Å². The van der Waals surface area contributed by atoms with Gasteiger partial charge in [0.25, 0.3) is 0 Å². The molecule has 1 aliphatic heterocycles. The van der Waals surface area contributed by atoms with Crippen LogP contribution in [0.15, 0.2) is 0 Å². The maximum absolute atomic E-state index is 3.28. The van der Waals surface area contributed by atoms with Crippen molar-refractivity contribution in [3.8, 4) is 0 Å². The number of rotatable bonds is 10. The minimum absolute atomic E-state index is 0.992. The lowest BCUT2D eigenvalue weighted by Crippen LogP contribution is -2.35. The average Bonchev–Trinajstić information content (AvgIpc) is 2.61. The molecule has 1 fully saturated rings. The van der Waals surface area contributed by atoms with Gasteiger partial charge in [0.2, 0.25) is 0 Å². The molecule has 1 heterocycles. The molecular formula is C20H47N3. The summed E-state index contributed by atoms with van der Waals surface area (Å²) in [5.41, 5.74) is 0. The Labute approximate surface area is 148 Å². The number of hydrogen-bond donors (Lipinski definition) is 1. The molecule has 1 rings (SSSR count). The smallest absolute Gasteiger partial charge is 0.0477 e. The van der Waals surface area contributed by atoms with Crippen molar-refractivity contribution >= 4 is 0 Å². The fourth-order valence-corrected chi connectivity index (χ4v) is 3.23. The highest BCUT2D eigenvalue weighted by Crippen LogP contribution is 2.22. The number of likely N-dealkylation sites (tertiary alicyclic amines) is 1. The first-order chi connectivity index (χ1) is 11.3. The molecule has 1 N–H and O–H groups in total. The van der Waals surface area contributed by atoms with Crippen LogP contribution < -0.4 is 5.32 Å². The van der Waals surface area contributed by atoms with Crippen LogP contribution in [0.2, 0.25) is 0 Å². The molecule has 0 radical (unpaired) electrons. The van der Waals surface area contributed by atoms with Gasteiger partial charge in [-0.25, -0.2) is 0 Å². The molecule has 142 valence electrons. The van der Waals surface area contributed by atoms with Gasteiger partial charge < -0.3 is 10.2 Å². The average molecular weight is 330 g/mol. The molecule has 0 aromatic heterocycles. The molecule has 23 heavy (non-hydrogen) atoms. The maximum Gasteiger partial charge on any atom is 0.0477 e.